The number of carbonyl (C=O) groups is 3. The van der Waals surface area contributed by atoms with Crippen molar-refractivity contribution in [2.75, 3.05) is 29.5 Å². The molecule has 6 nitrogen and oxygen atoms in total. The molecule has 34 heavy (non-hydrogen) atoms. The van der Waals surface area contributed by atoms with Gasteiger partial charge in [-0.25, -0.2) is 4.39 Å². The summed E-state index contributed by atoms with van der Waals surface area (Å²) in [5, 5.41) is 5.10. The minimum atomic E-state index is -0.485. The third kappa shape index (κ3) is 7.06. The van der Waals surface area contributed by atoms with Gasteiger partial charge in [0.25, 0.3) is 5.91 Å². The third-order valence-corrected chi connectivity index (χ3v) is 7.00. The Morgan fingerprint density at radius 3 is 2.35 bits per heavy atom. The van der Waals surface area contributed by atoms with Gasteiger partial charge >= 0.3 is 0 Å². The predicted octanol–water partition coefficient (Wildman–Crippen LogP) is 4.95. The molecule has 0 aromatic heterocycles. The zero-order valence-electron chi connectivity index (χ0n) is 20.1. The molecule has 0 radical (unpaired) electrons. The number of thioether (sulfide) groups is 1. The summed E-state index contributed by atoms with van der Waals surface area (Å²) in [6.07, 6.45) is 1.12. The van der Waals surface area contributed by atoms with Gasteiger partial charge in [0.15, 0.2) is 0 Å². The molecule has 1 aliphatic heterocycles. The van der Waals surface area contributed by atoms with Crippen LogP contribution in [0.3, 0.4) is 0 Å². The number of benzene rings is 2. The Labute approximate surface area is 204 Å². The van der Waals surface area contributed by atoms with E-state index in [1.165, 1.54) is 36.0 Å². The fourth-order valence-corrected chi connectivity index (χ4v) is 4.83. The van der Waals surface area contributed by atoms with Crippen LogP contribution < -0.4 is 10.6 Å². The van der Waals surface area contributed by atoms with E-state index in [1.54, 1.807) is 19.1 Å². The maximum Gasteiger partial charge on any atom is 0.253 e. The lowest BCUT2D eigenvalue weighted by Crippen LogP contribution is -2.42. The van der Waals surface area contributed by atoms with Gasteiger partial charge in [-0.1, -0.05) is 19.9 Å². The number of amides is 3. The van der Waals surface area contributed by atoms with Crippen molar-refractivity contribution in [2.24, 2.45) is 11.8 Å². The Kier molecular flexibility index (Phi) is 8.72. The molecule has 182 valence electrons. The van der Waals surface area contributed by atoms with Gasteiger partial charge in [-0.2, -0.15) is 0 Å². The lowest BCUT2D eigenvalue weighted by atomic mass is 9.91. The Balaban J connectivity index is 1.56. The molecule has 1 fully saturated rings. The van der Waals surface area contributed by atoms with Crippen LogP contribution in [0.2, 0.25) is 0 Å². The SMILES string of the molecule is Cc1ccc(C(=O)N2CC(C)CC(C)C2)cc1NC(=O)C(C)SCC(=O)Nc1ccc(F)cc1. The maximum absolute atomic E-state index is 13.1. The minimum absolute atomic E-state index is 0.0196. The first-order valence-electron chi connectivity index (χ1n) is 11.5. The van der Waals surface area contributed by atoms with E-state index in [-0.39, 0.29) is 29.3 Å². The maximum atomic E-state index is 13.1. The van der Waals surface area contributed by atoms with Crippen molar-refractivity contribution in [3.8, 4) is 0 Å². The molecule has 0 saturated carbocycles. The van der Waals surface area contributed by atoms with E-state index in [9.17, 15) is 18.8 Å². The Bertz CT molecular complexity index is 1030. The summed E-state index contributed by atoms with van der Waals surface area (Å²) in [5.74, 6) is 0.102. The van der Waals surface area contributed by atoms with Crippen molar-refractivity contribution in [1.29, 1.82) is 0 Å². The number of nitrogens with one attached hydrogen (secondary N) is 2. The van der Waals surface area contributed by atoms with Crippen LogP contribution in [0.4, 0.5) is 15.8 Å². The standard InChI is InChI=1S/C26H32FN3O3S/c1-16-11-17(2)14-30(13-16)26(33)20-6-5-18(3)23(12-20)29-25(32)19(4)34-15-24(31)28-22-9-7-21(27)8-10-22/h5-10,12,16-17,19H,11,13-15H2,1-4H3,(H,28,31)(H,29,32). The van der Waals surface area contributed by atoms with Gasteiger partial charge < -0.3 is 15.5 Å². The van der Waals surface area contributed by atoms with Gasteiger partial charge in [-0.3, -0.25) is 14.4 Å². The first kappa shape index (κ1) is 25.7. The molecule has 2 N–H and O–H groups in total. The van der Waals surface area contributed by atoms with Gasteiger partial charge in [0, 0.05) is 30.0 Å². The number of halogens is 1. The molecule has 2 aromatic carbocycles. The topological polar surface area (TPSA) is 78.5 Å². The summed E-state index contributed by atoms with van der Waals surface area (Å²) in [6, 6.07) is 10.9. The zero-order valence-corrected chi connectivity index (χ0v) is 20.9. The molecular formula is C26H32FN3O3S. The Morgan fingerprint density at radius 1 is 1.06 bits per heavy atom. The van der Waals surface area contributed by atoms with Gasteiger partial charge in [0.2, 0.25) is 11.8 Å². The Hall–Kier alpha value is -2.87. The largest absolute Gasteiger partial charge is 0.338 e. The molecule has 3 rings (SSSR count). The molecular weight excluding hydrogens is 453 g/mol. The molecule has 0 bridgehead atoms. The van der Waals surface area contributed by atoms with Crippen LogP contribution in [0.1, 0.15) is 43.1 Å². The van der Waals surface area contributed by atoms with Crippen molar-refractivity contribution < 1.29 is 18.8 Å². The normalized spacial score (nSPS) is 18.8. The molecule has 3 amide bonds. The number of piperidine rings is 1. The summed E-state index contributed by atoms with van der Waals surface area (Å²) in [6.45, 7) is 9.42. The Morgan fingerprint density at radius 2 is 1.71 bits per heavy atom. The fraction of sp³-hybridized carbons (Fsp3) is 0.423. The van der Waals surface area contributed by atoms with Crippen molar-refractivity contribution in [2.45, 2.75) is 39.4 Å². The second kappa shape index (κ2) is 11.5. The molecule has 1 aliphatic rings. The van der Waals surface area contributed by atoms with Gasteiger partial charge in [-0.15, -0.1) is 11.8 Å². The molecule has 3 unspecified atom stereocenters. The van der Waals surface area contributed by atoms with E-state index < -0.39 is 5.25 Å². The number of aryl methyl sites for hydroxylation is 1. The number of nitrogens with zero attached hydrogens (tertiary/aromatic N) is 1. The van der Waals surface area contributed by atoms with Crippen LogP contribution >= 0.6 is 11.8 Å². The molecule has 3 atom stereocenters. The smallest absolute Gasteiger partial charge is 0.253 e. The van der Waals surface area contributed by atoms with E-state index in [0.717, 1.165) is 25.1 Å². The van der Waals surface area contributed by atoms with Crippen molar-refractivity contribution in [3.05, 3.63) is 59.4 Å². The lowest BCUT2D eigenvalue weighted by Gasteiger charge is -2.35. The number of hydrogen-bond donors (Lipinski definition) is 2. The van der Waals surface area contributed by atoms with Crippen LogP contribution in [0.25, 0.3) is 0 Å². The van der Waals surface area contributed by atoms with Crippen LogP contribution in [-0.2, 0) is 9.59 Å². The highest BCUT2D eigenvalue weighted by Crippen LogP contribution is 2.25. The van der Waals surface area contributed by atoms with Crippen molar-refractivity contribution in [3.63, 3.8) is 0 Å². The molecule has 8 heteroatoms. The summed E-state index contributed by atoms with van der Waals surface area (Å²) in [5.41, 5.74) is 2.51. The van der Waals surface area contributed by atoms with Crippen LogP contribution in [-0.4, -0.2) is 46.7 Å². The van der Waals surface area contributed by atoms with Crippen molar-refractivity contribution in [1.82, 2.24) is 4.90 Å². The summed E-state index contributed by atoms with van der Waals surface area (Å²) in [4.78, 5) is 39.9. The lowest BCUT2D eigenvalue weighted by molar-refractivity contribution is -0.115. The second-order valence-corrected chi connectivity index (χ2v) is 10.5. The molecule has 1 saturated heterocycles. The summed E-state index contributed by atoms with van der Waals surface area (Å²) < 4.78 is 13.0. The first-order valence-corrected chi connectivity index (χ1v) is 12.5. The molecule has 2 aromatic rings. The monoisotopic (exact) mass is 485 g/mol. The number of anilines is 2. The number of rotatable bonds is 7. The number of likely N-dealkylation sites (tertiary alicyclic amines) is 1. The van der Waals surface area contributed by atoms with E-state index >= 15 is 0 Å². The summed E-state index contributed by atoms with van der Waals surface area (Å²) >= 11 is 1.20. The van der Waals surface area contributed by atoms with Crippen LogP contribution in [0.5, 0.6) is 0 Å². The molecule has 1 heterocycles. The van der Waals surface area contributed by atoms with Crippen molar-refractivity contribution >= 4 is 40.9 Å². The second-order valence-electron chi connectivity index (χ2n) is 9.18. The third-order valence-electron chi connectivity index (χ3n) is 5.86. The highest BCUT2D eigenvalue weighted by atomic mass is 32.2. The van der Waals surface area contributed by atoms with Gasteiger partial charge in [0.1, 0.15) is 5.82 Å². The predicted molar refractivity (Wildman–Crippen MR) is 136 cm³/mol. The van der Waals surface area contributed by atoms with Gasteiger partial charge in [0.05, 0.1) is 11.0 Å². The van der Waals surface area contributed by atoms with E-state index in [4.69, 9.17) is 0 Å². The molecule has 0 aliphatic carbocycles. The van der Waals surface area contributed by atoms with Gasteiger partial charge in [-0.05, 0) is 74.1 Å². The quantitative estimate of drug-likeness (QED) is 0.582. The average Bonchev–Trinajstić information content (AvgIpc) is 2.79. The number of carbonyl (C=O) groups excluding carboxylic acids is 3. The minimum Gasteiger partial charge on any atom is -0.338 e. The average molecular weight is 486 g/mol. The highest BCUT2D eigenvalue weighted by molar-refractivity contribution is 8.01. The van der Waals surface area contributed by atoms with E-state index in [2.05, 4.69) is 24.5 Å². The van der Waals surface area contributed by atoms with E-state index in [0.29, 0.717) is 28.8 Å². The zero-order chi connectivity index (χ0) is 24.8. The first-order chi connectivity index (χ1) is 16.1. The van der Waals surface area contributed by atoms with E-state index in [1.807, 2.05) is 17.9 Å². The highest BCUT2D eigenvalue weighted by Gasteiger charge is 2.26. The van der Waals surface area contributed by atoms with Crippen LogP contribution in [0, 0.1) is 24.6 Å². The fourth-order valence-electron chi connectivity index (χ4n) is 4.14. The van der Waals surface area contributed by atoms with Crippen LogP contribution in [0.15, 0.2) is 42.5 Å². The number of hydrogen-bond acceptors (Lipinski definition) is 4. The summed E-state index contributed by atoms with van der Waals surface area (Å²) in [7, 11) is 0. The molecule has 0 spiro atoms.